The van der Waals surface area contributed by atoms with Crippen molar-refractivity contribution in [3.05, 3.63) is 36.4 Å². The minimum Gasteiger partial charge on any atom is -0.468 e. The quantitative estimate of drug-likeness (QED) is 0.615. The first-order valence-electron chi connectivity index (χ1n) is 7.63. The molecule has 0 saturated carbocycles. The summed E-state index contributed by atoms with van der Waals surface area (Å²) in [4.78, 5) is 30.4. The average molecular weight is 362 g/mol. The summed E-state index contributed by atoms with van der Waals surface area (Å²) in [5.41, 5.74) is 0.926. The summed E-state index contributed by atoms with van der Waals surface area (Å²) in [5.74, 6) is 0.847. The van der Waals surface area contributed by atoms with Crippen LogP contribution in [0, 0.1) is 0 Å². The Balaban J connectivity index is 1.59. The van der Waals surface area contributed by atoms with E-state index in [9.17, 15) is 9.59 Å². The molecule has 126 valence electrons. The molecule has 1 aliphatic heterocycles. The van der Waals surface area contributed by atoms with Crippen LogP contribution in [0.5, 0.6) is 0 Å². The molecule has 2 aromatic rings. The predicted molar refractivity (Wildman–Crippen MR) is 97.3 cm³/mol. The largest absolute Gasteiger partial charge is 0.468 e. The molecule has 1 amide bonds. The first-order valence-corrected chi connectivity index (χ1v) is 9.66. The van der Waals surface area contributed by atoms with Crippen molar-refractivity contribution in [2.24, 2.45) is 0 Å². The summed E-state index contributed by atoms with van der Waals surface area (Å²) in [6.45, 7) is 1.09. The van der Waals surface area contributed by atoms with Crippen LogP contribution in [0.25, 0.3) is 10.9 Å². The molecule has 0 spiro atoms. The molecule has 2 heterocycles. The number of hydrogen-bond acceptors (Lipinski definition) is 6. The molecular weight excluding hydrogens is 344 g/mol. The molecule has 0 bridgehead atoms. The zero-order chi connectivity index (χ0) is 16.9. The Bertz CT molecular complexity index is 753. The number of hydrogen-bond donors (Lipinski definition) is 0. The molecule has 3 rings (SSSR count). The first-order chi connectivity index (χ1) is 11.7. The van der Waals surface area contributed by atoms with Gasteiger partial charge in [-0.15, -0.1) is 11.8 Å². The molecule has 5 nitrogen and oxygen atoms in total. The summed E-state index contributed by atoms with van der Waals surface area (Å²) >= 11 is 2.97. The number of pyridine rings is 1. The van der Waals surface area contributed by atoms with Gasteiger partial charge in [-0.2, -0.15) is 0 Å². The van der Waals surface area contributed by atoms with E-state index in [0.29, 0.717) is 18.8 Å². The minimum absolute atomic E-state index is 0.0316. The second kappa shape index (κ2) is 7.90. The zero-order valence-corrected chi connectivity index (χ0v) is 14.9. The van der Waals surface area contributed by atoms with Crippen LogP contribution in [-0.4, -0.2) is 58.7 Å². The summed E-state index contributed by atoms with van der Waals surface area (Å²) in [6, 6.07) is 11.9. The van der Waals surface area contributed by atoms with Crippen LogP contribution in [0.15, 0.2) is 41.4 Å². The summed E-state index contributed by atoms with van der Waals surface area (Å²) in [7, 11) is 1.38. The van der Waals surface area contributed by atoms with Gasteiger partial charge in [-0.05, 0) is 12.1 Å². The molecule has 0 unspecified atom stereocenters. The van der Waals surface area contributed by atoms with Gasteiger partial charge in [-0.25, -0.2) is 4.98 Å². The van der Waals surface area contributed by atoms with Crippen LogP contribution >= 0.6 is 23.5 Å². The van der Waals surface area contributed by atoms with Crippen LogP contribution in [-0.2, 0) is 14.3 Å². The third-order valence-electron chi connectivity index (χ3n) is 3.80. The Morgan fingerprint density at radius 1 is 1.33 bits per heavy atom. The Kier molecular flexibility index (Phi) is 5.63. The monoisotopic (exact) mass is 362 g/mol. The third-order valence-corrected chi connectivity index (χ3v) is 5.88. The number of nitrogens with zero attached hydrogens (tertiary/aromatic N) is 2. The Hall–Kier alpha value is -1.73. The van der Waals surface area contributed by atoms with Crippen LogP contribution in [0.2, 0.25) is 0 Å². The fourth-order valence-electron chi connectivity index (χ4n) is 2.50. The van der Waals surface area contributed by atoms with E-state index in [1.54, 1.807) is 16.7 Å². The van der Waals surface area contributed by atoms with Gasteiger partial charge in [0.25, 0.3) is 0 Å². The average Bonchev–Trinajstić information content (AvgIpc) is 2.65. The maximum absolute atomic E-state index is 12.4. The van der Waals surface area contributed by atoms with Crippen molar-refractivity contribution in [1.29, 1.82) is 0 Å². The van der Waals surface area contributed by atoms with Gasteiger partial charge < -0.3 is 9.64 Å². The summed E-state index contributed by atoms with van der Waals surface area (Å²) in [5, 5.41) is 1.64. The number of methoxy groups -OCH3 is 1. The normalized spacial score (nSPS) is 17.7. The van der Waals surface area contributed by atoms with Gasteiger partial charge in [-0.1, -0.05) is 36.0 Å². The van der Waals surface area contributed by atoms with Gasteiger partial charge in [0.05, 0.1) is 23.4 Å². The van der Waals surface area contributed by atoms with Crippen LogP contribution in [0.3, 0.4) is 0 Å². The van der Waals surface area contributed by atoms with Crippen molar-refractivity contribution in [3.63, 3.8) is 0 Å². The first kappa shape index (κ1) is 17.1. The van der Waals surface area contributed by atoms with E-state index in [1.165, 1.54) is 18.9 Å². The lowest BCUT2D eigenvalue weighted by Crippen LogP contribution is -2.45. The topological polar surface area (TPSA) is 59.5 Å². The second-order valence-electron chi connectivity index (χ2n) is 5.35. The Labute approximate surface area is 149 Å². The van der Waals surface area contributed by atoms with E-state index < -0.39 is 0 Å². The number of benzene rings is 1. The number of carbonyl (C=O) groups excluding carboxylic acids is 2. The molecule has 1 atom stereocenters. The van der Waals surface area contributed by atoms with Crippen LogP contribution in [0.4, 0.5) is 0 Å². The number of thioether (sulfide) groups is 2. The number of rotatable bonds is 4. The SMILES string of the molecule is COC(=O)[C@H]1CN(C(=O)CSc2ccc3ccccc3n2)CCS1. The molecular formula is C17H18N2O3S2. The van der Waals surface area contributed by atoms with Crippen molar-refractivity contribution in [1.82, 2.24) is 9.88 Å². The van der Waals surface area contributed by atoms with E-state index in [4.69, 9.17) is 4.74 Å². The van der Waals surface area contributed by atoms with Crippen molar-refractivity contribution in [2.75, 3.05) is 31.7 Å². The maximum Gasteiger partial charge on any atom is 0.320 e. The van der Waals surface area contributed by atoms with E-state index in [-0.39, 0.29) is 17.1 Å². The van der Waals surface area contributed by atoms with Gasteiger partial charge >= 0.3 is 5.97 Å². The standard InChI is InChI=1S/C17H18N2O3S2/c1-22-17(21)14-10-19(8-9-23-14)16(20)11-24-15-7-6-12-4-2-3-5-13(12)18-15/h2-7,14H,8-11H2,1H3/t14-/m1/s1. The minimum atomic E-state index is -0.281. The second-order valence-corrected chi connectivity index (χ2v) is 7.66. The zero-order valence-electron chi connectivity index (χ0n) is 13.3. The molecule has 7 heteroatoms. The van der Waals surface area contributed by atoms with E-state index in [0.717, 1.165) is 21.7 Å². The Morgan fingerprint density at radius 3 is 3.00 bits per heavy atom. The van der Waals surface area contributed by atoms with Crippen molar-refractivity contribution < 1.29 is 14.3 Å². The highest BCUT2D eigenvalue weighted by atomic mass is 32.2. The molecule has 1 saturated heterocycles. The molecule has 1 fully saturated rings. The number of aromatic nitrogens is 1. The van der Waals surface area contributed by atoms with Crippen LogP contribution in [0.1, 0.15) is 0 Å². The maximum atomic E-state index is 12.4. The van der Waals surface area contributed by atoms with Gasteiger partial charge in [0.15, 0.2) is 0 Å². The smallest absolute Gasteiger partial charge is 0.320 e. The molecule has 0 aliphatic carbocycles. The van der Waals surface area contributed by atoms with Gasteiger partial charge in [0.2, 0.25) is 5.91 Å². The molecule has 1 aliphatic rings. The van der Waals surface area contributed by atoms with E-state index in [2.05, 4.69) is 4.98 Å². The van der Waals surface area contributed by atoms with Crippen molar-refractivity contribution in [2.45, 2.75) is 10.3 Å². The predicted octanol–water partition coefficient (Wildman–Crippen LogP) is 2.44. The molecule has 1 aromatic heterocycles. The third kappa shape index (κ3) is 4.02. The number of fused-ring (bicyclic) bond motifs is 1. The van der Waals surface area contributed by atoms with Crippen molar-refractivity contribution in [3.8, 4) is 0 Å². The lowest BCUT2D eigenvalue weighted by Gasteiger charge is -2.30. The highest BCUT2D eigenvalue weighted by molar-refractivity contribution is 8.00. The number of esters is 1. The van der Waals surface area contributed by atoms with E-state index >= 15 is 0 Å². The highest BCUT2D eigenvalue weighted by Crippen LogP contribution is 2.23. The van der Waals surface area contributed by atoms with E-state index in [1.807, 2.05) is 36.4 Å². The van der Waals surface area contributed by atoms with Gasteiger partial charge in [-0.3, -0.25) is 9.59 Å². The van der Waals surface area contributed by atoms with Crippen molar-refractivity contribution >= 4 is 46.3 Å². The number of para-hydroxylation sites is 1. The lowest BCUT2D eigenvalue weighted by molar-refractivity contribution is -0.141. The number of carbonyl (C=O) groups is 2. The molecule has 1 aromatic carbocycles. The van der Waals surface area contributed by atoms with Crippen LogP contribution < -0.4 is 0 Å². The van der Waals surface area contributed by atoms with Gasteiger partial charge in [0.1, 0.15) is 5.25 Å². The molecule has 0 radical (unpaired) electrons. The number of amides is 1. The molecule has 24 heavy (non-hydrogen) atoms. The molecule has 0 N–H and O–H groups in total. The van der Waals surface area contributed by atoms with Gasteiger partial charge in [0, 0.05) is 24.2 Å². The summed E-state index contributed by atoms with van der Waals surface area (Å²) in [6.07, 6.45) is 0. The fraction of sp³-hybridized carbons (Fsp3) is 0.353. The number of ether oxygens (including phenoxy) is 1. The lowest BCUT2D eigenvalue weighted by atomic mass is 10.2. The summed E-state index contributed by atoms with van der Waals surface area (Å²) < 4.78 is 4.77. The Morgan fingerprint density at radius 2 is 2.17 bits per heavy atom. The highest BCUT2D eigenvalue weighted by Gasteiger charge is 2.29. The fourth-order valence-corrected chi connectivity index (χ4v) is 4.41.